The molecule has 1 unspecified atom stereocenters. The van der Waals surface area contributed by atoms with Gasteiger partial charge in [0, 0.05) is 24.9 Å². The van der Waals surface area contributed by atoms with E-state index in [9.17, 15) is 4.79 Å². The van der Waals surface area contributed by atoms with E-state index >= 15 is 0 Å². The highest BCUT2D eigenvalue weighted by Crippen LogP contribution is 2.37. The summed E-state index contributed by atoms with van der Waals surface area (Å²) in [5, 5.41) is 11.7. The van der Waals surface area contributed by atoms with Gasteiger partial charge in [0.25, 0.3) is 0 Å². The second-order valence-corrected chi connectivity index (χ2v) is 5.25. The molecule has 17 heavy (non-hydrogen) atoms. The van der Waals surface area contributed by atoms with E-state index in [-0.39, 0.29) is 17.7 Å². The summed E-state index contributed by atoms with van der Waals surface area (Å²) < 4.78 is 0. The van der Waals surface area contributed by atoms with E-state index in [4.69, 9.17) is 10.9 Å². The fourth-order valence-electron chi connectivity index (χ4n) is 2.56. The van der Waals surface area contributed by atoms with Crippen LogP contribution in [0, 0.1) is 17.8 Å². The fourth-order valence-corrected chi connectivity index (χ4v) is 2.56. The van der Waals surface area contributed by atoms with E-state index in [1.165, 1.54) is 12.8 Å². The highest BCUT2D eigenvalue weighted by atomic mass is 16.4. The molecular weight excluding hydrogens is 218 g/mol. The molecule has 0 radical (unpaired) electrons. The molecule has 2 fully saturated rings. The number of amidine groups is 1. The number of oxime groups is 1. The van der Waals surface area contributed by atoms with Crippen LogP contribution < -0.4 is 5.73 Å². The predicted octanol–water partition coefficient (Wildman–Crippen LogP) is 1.02. The molecule has 1 aliphatic heterocycles. The molecule has 3 N–H and O–H groups in total. The number of likely N-dealkylation sites (tertiary alicyclic amines) is 1. The first-order chi connectivity index (χ1) is 8.13. The average molecular weight is 239 g/mol. The molecule has 5 nitrogen and oxygen atoms in total. The molecule has 2 aliphatic rings. The maximum atomic E-state index is 12.1. The molecule has 1 aliphatic carbocycles. The van der Waals surface area contributed by atoms with Crippen LogP contribution in [0.5, 0.6) is 0 Å². The van der Waals surface area contributed by atoms with Gasteiger partial charge in [0.05, 0.1) is 0 Å². The molecule has 1 atom stereocenters. The fraction of sp³-hybridized carbons (Fsp3) is 0.833. The van der Waals surface area contributed by atoms with Gasteiger partial charge < -0.3 is 15.8 Å². The second-order valence-electron chi connectivity index (χ2n) is 5.25. The smallest absolute Gasteiger partial charge is 0.225 e. The van der Waals surface area contributed by atoms with Gasteiger partial charge in [0.2, 0.25) is 5.91 Å². The van der Waals surface area contributed by atoms with Crippen molar-refractivity contribution in [1.82, 2.24) is 4.90 Å². The molecular formula is C12H21N3O2. The maximum Gasteiger partial charge on any atom is 0.225 e. The Bertz CT molecular complexity index is 318. The number of hydrogen-bond acceptors (Lipinski definition) is 3. The van der Waals surface area contributed by atoms with Gasteiger partial charge in [0.1, 0.15) is 5.84 Å². The van der Waals surface area contributed by atoms with Crippen LogP contribution in [-0.2, 0) is 4.79 Å². The van der Waals surface area contributed by atoms with Gasteiger partial charge in [-0.25, -0.2) is 0 Å². The van der Waals surface area contributed by atoms with E-state index in [2.05, 4.69) is 5.16 Å². The molecule has 1 saturated heterocycles. The zero-order valence-electron chi connectivity index (χ0n) is 10.3. The van der Waals surface area contributed by atoms with E-state index < -0.39 is 0 Å². The monoisotopic (exact) mass is 239 g/mol. The third kappa shape index (κ3) is 2.70. The predicted molar refractivity (Wildman–Crippen MR) is 64.6 cm³/mol. The number of piperidine rings is 1. The Hall–Kier alpha value is -1.26. The average Bonchev–Trinajstić information content (AvgIpc) is 3.20. The van der Waals surface area contributed by atoms with Gasteiger partial charge >= 0.3 is 0 Å². The van der Waals surface area contributed by atoms with Gasteiger partial charge in [0.15, 0.2) is 0 Å². The summed E-state index contributed by atoms with van der Waals surface area (Å²) in [5.41, 5.74) is 5.58. The van der Waals surface area contributed by atoms with Crippen molar-refractivity contribution in [2.45, 2.75) is 32.6 Å². The van der Waals surface area contributed by atoms with Gasteiger partial charge in [-0.1, -0.05) is 12.1 Å². The van der Waals surface area contributed by atoms with Crippen molar-refractivity contribution in [2.75, 3.05) is 13.1 Å². The van der Waals surface area contributed by atoms with Crippen molar-refractivity contribution in [2.24, 2.45) is 28.6 Å². The van der Waals surface area contributed by atoms with E-state index in [1.54, 1.807) is 0 Å². The van der Waals surface area contributed by atoms with E-state index in [1.807, 2.05) is 11.8 Å². The summed E-state index contributed by atoms with van der Waals surface area (Å²) in [5.74, 6) is 1.50. The first kappa shape index (κ1) is 12.2. The maximum absolute atomic E-state index is 12.1. The minimum Gasteiger partial charge on any atom is -0.409 e. The Morgan fingerprint density at radius 3 is 2.41 bits per heavy atom. The molecule has 1 heterocycles. The molecule has 0 spiro atoms. The molecule has 0 aromatic carbocycles. The lowest BCUT2D eigenvalue weighted by molar-refractivity contribution is -0.136. The standard InChI is InChI=1S/C12H21N3O2/c1-8(9-2-3-9)12(16)15-6-4-10(5-7-15)11(13)14-17/h8-10,17H,2-7H2,1H3,(H2,13,14). The van der Waals surface area contributed by atoms with Gasteiger partial charge in [-0.05, 0) is 31.6 Å². The Morgan fingerprint density at radius 1 is 1.35 bits per heavy atom. The number of nitrogens with zero attached hydrogens (tertiary/aromatic N) is 2. The van der Waals surface area contributed by atoms with Crippen LogP contribution in [0.25, 0.3) is 0 Å². The van der Waals surface area contributed by atoms with Crippen molar-refractivity contribution in [3.05, 3.63) is 0 Å². The molecule has 96 valence electrons. The zero-order chi connectivity index (χ0) is 12.4. The molecule has 0 bridgehead atoms. The summed E-state index contributed by atoms with van der Waals surface area (Å²) in [6, 6.07) is 0. The summed E-state index contributed by atoms with van der Waals surface area (Å²) in [6.07, 6.45) is 4.01. The van der Waals surface area contributed by atoms with Crippen molar-refractivity contribution < 1.29 is 10.0 Å². The van der Waals surface area contributed by atoms with Crippen LogP contribution in [-0.4, -0.2) is 34.9 Å². The van der Waals surface area contributed by atoms with Crippen molar-refractivity contribution >= 4 is 11.7 Å². The summed E-state index contributed by atoms with van der Waals surface area (Å²) >= 11 is 0. The van der Waals surface area contributed by atoms with Crippen molar-refractivity contribution in [3.63, 3.8) is 0 Å². The lowest BCUT2D eigenvalue weighted by Gasteiger charge is -2.33. The summed E-state index contributed by atoms with van der Waals surface area (Å²) in [6.45, 7) is 3.50. The zero-order valence-corrected chi connectivity index (χ0v) is 10.3. The highest BCUT2D eigenvalue weighted by molar-refractivity contribution is 5.83. The molecule has 0 aromatic rings. The molecule has 0 aromatic heterocycles. The van der Waals surface area contributed by atoms with Gasteiger partial charge in [-0.2, -0.15) is 0 Å². The van der Waals surface area contributed by atoms with Crippen LogP contribution in [0.3, 0.4) is 0 Å². The third-order valence-electron chi connectivity index (χ3n) is 4.06. The lowest BCUT2D eigenvalue weighted by atomic mass is 9.94. The van der Waals surface area contributed by atoms with Crippen molar-refractivity contribution in [1.29, 1.82) is 0 Å². The van der Waals surface area contributed by atoms with Crippen LogP contribution in [0.1, 0.15) is 32.6 Å². The van der Waals surface area contributed by atoms with Crippen molar-refractivity contribution in [3.8, 4) is 0 Å². The van der Waals surface area contributed by atoms with Crippen LogP contribution in [0.2, 0.25) is 0 Å². The SMILES string of the molecule is CC(C(=O)N1CCC(C(N)=NO)CC1)C1CC1. The largest absolute Gasteiger partial charge is 0.409 e. The van der Waals surface area contributed by atoms with E-state index in [0.717, 1.165) is 25.9 Å². The van der Waals surface area contributed by atoms with E-state index in [0.29, 0.717) is 11.8 Å². The number of carbonyl (C=O) groups excluding carboxylic acids is 1. The Balaban J connectivity index is 1.84. The Kier molecular flexibility index (Phi) is 3.54. The Morgan fingerprint density at radius 2 is 1.94 bits per heavy atom. The molecule has 1 amide bonds. The number of nitrogens with two attached hydrogens (primary N) is 1. The minimum absolute atomic E-state index is 0.125. The number of amides is 1. The topological polar surface area (TPSA) is 78.9 Å². The quantitative estimate of drug-likeness (QED) is 0.334. The van der Waals surface area contributed by atoms with Crippen LogP contribution >= 0.6 is 0 Å². The Labute approximate surface area is 102 Å². The number of rotatable bonds is 3. The van der Waals surface area contributed by atoms with Gasteiger partial charge in [-0.3, -0.25) is 4.79 Å². The normalized spacial score (nSPS) is 24.8. The molecule has 1 saturated carbocycles. The molecule has 2 rings (SSSR count). The number of hydrogen-bond donors (Lipinski definition) is 2. The first-order valence-corrected chi connectivity index (χ1v) is 6.39. The van der Waals surface area contributed by atoms with Crippen LogP contribution in [0.4, 0.5) is 0 Å². The van der Waals surface area contributed by atoms with Gasteiger partial charge in [-0.15, -0.1) is 0 Å². The first-order valence-electron chi connectivity index (χ1n) is 6.39. The summed E-state index contributed by atoms with van der Waals surface area (Å²) in [7, 11) is 0. The van der Waals surface area contributed by atoms with Crippen LogP contribution in [0.15, 0.2) is 5.16 Å². The summed E-state index contributed by atoms with van der Waals surface area (Å²) in [4.78, 5) is 14.1. The lowest BCUT2D eigenvalue weighted by Crippen LogP contribution is -2.44. The highest BCUT2D eigenvalue weighted by Gasteiger charge is 2.36. The second kappa shape index (κ2) is 4.94. The number of carbonyl (C=O) groups is 1. The third-order valence-corrected chi connectivity index (χ3v) is 4.06. The molecule has 5 heteroatoms. The minimum atomic E-state index is 0.125.